The lowest BCUT2D eigenvalue weighted by Crippen LogP contribution is -2.08. The summed E-state index contributed by atoms with van der Waals surface area (Å²) < 4.78 is 4.39. The lowest BCUT2D eigenvalue weighted by atomic mass is 10.3. The number of anilines is 1. The molecule has 0 bridgehead atoms. The number of hydrogen-bond acceptors (Lipinski definition) is 6. The molecule has 58 valence electrons. The molecule has 0 aliphatic carbocycles. The van der Waals surface area contributed by atoms with Gasteiger partial charge in [-0.05, 0) is 5.21 Å². The Labute approximate surface area is 62.4 Å². The average molecular weight is 154 g/mol. The van der Waals surface area contributed by atoms with Crippen LogP contribution in [0.1, 0.15) is 10.4 Å². The van der Waals surface area contributed by atoms with Crippen LogP contribution in [0, 0.1) is 0 Å². The van der Waals surface area contributed by atoms with E-state index in [9.17, 15) is 4.79 Å². The van der Waals surface area contributed by atoms with Crippen LogP contribution < -0.4 is 5.73 Å². The van der Waals surface area contributed by atoms with Crippen molar-refractivity contribution in [2.75, 3.05) is 12.8 Å². The van der Waals surface area contributed by atoms with Crippen molar-refractivity contribution >= 4 is 11.8 Å². The largest absolute Gasteiger partial charge is 0.465 e. The number of aromatic nitrogens is 3. The fourth-order valence-electron chi connectivity index (χ4n) is 0.545. The molecule has 0 atom stereocenters. The van der Waals surface area contributed by atoms with Gasteiger partial charge in [0.2, 0.25) is 0 Å². The molecule has 1 rings (SSSR count). The monoisotopic (exact) mass is 154 g/mol. The number of hydrogen-bond donors (Lipinski definition) is 1. The van der Waals surface area contributed by atoms with Crippen LogP contribution in [0.5, 0.6) is 0 Å². The van der Waals surface area contributed by atoms with E-state index in [1.54, 1.807) is 0 Å². The van der Waals surface area contributed by atoms with Crippen molar-refractivity contribution in [1.29, 1.82) is 0 Å². The summed E-state index contributed by atoms with van der Waals surface area (Å²) in [5.41, 5.74) is 5.41. The Balaban J connectivity index is 3.03. The molecule has 6 heteroatoms. The van der Waals surface area contributed by atoms with E-state index in [2.05, 4.69) is 20.1 Å². The second-order valence-electron chi connectivity index (χ2n) is 1.72. The van der Waals surface area contributed by atoms with Gasteiger partial charge >= 0.3 is 5.97 Å². The van der Waals surface area contributed by atoms with Crippen LogP contribution in [0.2, 0.25) is 0 Å². The molecule has 0 aromatic carbocycles. The van der Waals surface area contributed by atoms with Crippen LogP contribution in [0.3, 0.4) is 0 Å². The van der Waals surface area contributed by atoms with Crippen LogP contribution in [0.25, 0.3) is 0 Å². The highest BCUT2D eigenvalue weighted by Crippen LogP contribution is 2.04. The normalized spacial score (nSPS) is 9.18. The van der Waals surface area contributed by atoms with Crippen molar-refractivity contribution in [2.45, 2.75) is 0 Å². The third-order valence-corrected chi connectivity index (χ3v) is 1.07. The smallest absolute Gasteiger partial charge is 0.343 e. The molecule has 0 unspecified atom stereocenters. The van der Waals surface area contributed by atoms with Gasteiger partial charge in [0.25, 0.3) is 0 Å². The molecule has 0 radical (unpaired) electrons. The number of nitrogens with zero attached hydrogens (tertiary/aromatic N) is 3. The zero-order valence-electron chi connectivity index (χ0n) is 5.81. The predicted octanol–water partition coefficient (Wildman–Crippen LogP) is -0.760. The number of carbonyl (C=O) groups excluding carboxylic acids is 1. The van der Waals surface area contributed by atoms with Gasteiger partial charge in [-0.25, -0.2) is 4.79 Å². The standard InChI is InChI=1S/C5H6N4O2/c1-11-5(10)3-2-7-9-8-4(3)6/h2H,1H3,(H2,6,7,8). The summed E-state index contributed by atoms with van der Waals surface area (Å²) in [5, 5.41) is 9.97. The summed E-state index contributed by atoms with van der Waals surface area (Å²) in [4.78, 5) is 10.8. The summed E-state index contributed by atoms with van der Waals surface area (Å²) in [6.45, 7) is 0. The van der Waals surface area contributed by atoms with Crippen molar-refractivity contribution in [3.8, 4) is 0 Å². The van der Waals surface area contributed by atoms with E-state index in [1.807, 2.05) is 0 Å². The van der Waals surface area contributed by atoms with Crippen molar-refractivity contribution in [3.63, 3.8) is 0 Å². The minimum Gasteiger partial charge on any atom is -0.465 e. The zero-order chi connectivity index (χ0) is 8.27. The van der Waals surface area contributed by atoms with Crippen molar-refractivity contribution < 1.29 is 9.53 Å². The third-order valence-electron chi connectivity index (χ3n) is 1.07. The topological polar surface area (TPSA) is 91.0 Å². The molecule has 0 amide bonds. The van der Waals surface area contributed by atoms with E-state index < -0.39 is 5.97 Å². The SMILES string of the molecule is COC(=O)c1cnnnc1N. The number of carbonyl (C=O) groups is 1. The molecule has 0 aliphatic rings. The highest BCUT2D eigenvalue weighted by atomic mass is 16.5. The summed E-state index contributed by atoms with van der Waals surface area (Å²) in [5.74, 6) is -0.545. The van der Waals surface area contributed by atoms with Gasteiger partial charge in [-0.3, -0.25) is 0 Å². The lowest BCUT2D eigenvalue weighted by Gasteiger charge is -1.98. The minimum absolute atomic E-state index is 0.0202. The molecular weight excluding hydrogens is 148 g/mol. The Morgan fingerprint density at radius 3 is 3.00 bits per heavy atom. The second kappa shape index (κ2) is 2.91. The van der Waals surface area contributed by atoms with E-state index in [0.29, 0.717) is 0 Å². The van der Waals surface area contributed by atoms with Crippen molar-refractivity contribution in [2.24, 2.45) is 0 Å². The Kier molecular flexibility index (Phi) is 1.95. The van der Waals surface area contributed by atoms with Crippen LogP contribution in [0.4, 0.5) is 5.82 Å². The average Bonchev–Trinajstić information content (AvgIpc) is 2.04. The number of rotatable bonds is 1. The molecule has 1 aromatic heterocycles. The highest BCUT2D eigenvalue weighted by Gasteiger charge is 2.10. The Hall–Kier alpha value is -1.72. The summed E-state index contributed by atoms with van der Waals surface area (Å²) >= 11 is 0. The first-order valence-electron chi connectivity index (χ1n) is 2.78. The number of esters is 1. The molecule has 11 heavy (non-hydrogen) atoms. The number of methoxy groups -OCH3 is 1. The molecule has 1 aromatic rings. The van der Waals surface area contributed by atoms with E-state index in [4.69, 9.17) is 5.73 Å². The maximum Gasteiger partial charge on any atom is 0.343 e. The van der Waals surface area contributed by atoms with Gasteiger partial charge in [0.1, 0.15) is 5.56 Å². The summed E-state index contributed by atoms with van der Waals surface area (Å²) in [7, 11) is 1.25. The fourth-order valence-corrected chi connectivity index (χ4v) is 0.545. The minimum atomic E-state index is -0.565. The van der Waals surface area contributed by atoms with E-state index in [0.717, 1.165) is 0 Å². The summed E-state index contributed by atoms with van der Waals surface area (Å²) in [6, 6.07) is 0. The van der Waals surface area contributed by atoms with E-state index >= 15 is 0 Å². The van der Waals surface area contributed by atoms with Gasteiger partial charge in [-0.2, -0.15) is 0 Å². The second-order valence-corrected chi connectivity index (χ2v) is 1.72. The van der Waals surface area contributed by atoms with Gasteiger partial charge in [0.15, 0.2) is 5.82 Å². The number of nitrogens with two attached hydrogens (primary N) is 1. The quantitative estimate of drug-likeness (QED) is 0.534. The first-order valence-corrected chi connectivity index (χ1v) is 2.78. The highest BCUT2D eigenvalue weighted by molar-refractivity contribution is 5.93. The molecule has 0 aliphatic heterocycles. The number of ether oxygens (including phenoxy) is 1. The number of nitrogen functional groups attached to an aromatic ring is 1. The van der Waals surface area contributed by atoms with Crippen molar-refractivity contribution in [3.05, 3.63) is 11.8 Å². The fraction of sp³-hybridized carbons (Fsp3) is 0.200. The van der Waals surface area contributed by atoms with Gasteiger partial charge in [-0.1, -0.05) is 0 Å². The molecule has 6 nitrogen and oxygen atoms in total. The molecule has 0 saturated heterocycles. The van der Waals surface area contributed by atoms with E-state index in [1.165, 1.54) is 13.3 Å². The van der Waals surface area contributed by atoms with Crippen LogP contribution >= 0.6 is 0 Å². The Morgan fingerprint density at radius 1 is 1.73 bits per heavy atom. The Morgan fingerprint density at radius 2 is 2.45 bits per heavy atom. The maximum absolute atomic E-state index is 10.8. The predicted molar refractivity (Wildman–Crippen MR) is 35.6 cm³/mol. The summed E-state index contributed by atoms with van der Waals surface area (Å²) in [6.07, 6.45) is 1.20. The van der Waals surface area contributed by atoms with Gasteiger partial charge < -0.3 is 10.5 Å². The van der Waals surface area contributed by atoms with Crippen molar-refractivity contribution in [1.82, 2.24) is 15.4 Å². The molecule has 0 spiro atoms. The lowest BCUT2D eigenvalue weighted by molar-refractivity contribution is 0.0600. The molecular formula is C5H6N4O2. The first-order chi connectivity index (χ1) is 5.25. The Bertz CT molecular complexity index is 275. The maximum atomic E-state index is 10.8. The van der Waals surface area contributed by atoms with Gasteiger partial charge in [-0.15, -0.1) is 10.2 Å². The van der Waals surface area contributed by atoms with Gasteiger partial charge in [0, 0.05) is 0 Å². The molecule has 1 heterocycles. The van der Waals surface area contributed by atoms with E-state index in [-0.39, 0.29) is 11.4 Å². The van der Waals surface area contributed by atoms with Crippen LogP contribution in [-0.4, -0.2) is 28.5 Å². The van der Waals surface area contributed by atoms with Crippen LogP contribution in [-0.2, 0) is 4.74 Å². The first kappa shape index (κ1) is 7.39. The zero-order valence-corrected chi connectivity index (χ0v) is 5.81. The van der Waals surface area contributed by atoms with Crippen LogP contribution in [0.15, 0.2) is 6.20 Å². The molecule has 2 N–H and O–H groups in total. The molecule has 0 fully saturated rings. The van der Waals surface area contributed by atoms with Gasteiger partial charge in [0.05, 0.1) is 13.3 Å². The molecule has 0 saturated carbocycles. The third kappa shape index (κ3) is 1.40.